The molecule has 27 heavy (non-hydrogen) atoms. The van der Waals surface area contributed by atoms with Crippen molar-refractivity contribution < 1.29 is 9.18 Å². The van der Waals surface area contributed by atoms with Crippen LogP contribution in [0.5, 0.6) is 0 Å². The van der Waals surface area contributed by atoms with Gasteiger partial charge < -0.3 is 5.32 Å². The highest BCUT2D eigenvalue weighted by atomic mass is 35.5. The third-order valence-electron chi connectivity index (χ3n) is 4.17. The molecule has 1 amide bonds. The number of carbonyl (C=O) groups excluding carboxylic acids is 1. The maximum Gasteiger partial charge on any atom is 0.267 e. The fraction of sp³-hybridized carbons (Fsp3) is 0.150. The molecular weight excluding hydrogens is 369 g/mol. The molecule has 0 fully saturated rings. The van der Waals surface area contributed by atoms with Crippen LogP contribution in [-0.2, 0) is 4.79 Å². The summed E-state index contributed by atoms with van der Waals surface area (Å²) >= 11 is 5.98. The Hall–Kier alpha value is -2.99. The van der Waals surface area contributed by atoms with Crippen molar-refractivity contribution >= 4 is 23.2 Å². The molecule has 0 saturated heterocycles. The maximum atomic E-state index is 13.1. The van der Waals surface area contributed by atoms with E-state index in [1.807, 2.05) is 6.92 Å². The van der Waals surface area contributed by atoms with Crippen molar-refractivity contribution in [1.29, 1.82) is 0 Å². The molecule has 3 aromatic rings. The van der Waals surface area contributed by atoms with Crippen LogP contribution in [0.25, 0.3) is 11.3 Å². The zero-order valence-electron chi connectivity index (χ0n) is 14.7. The van der Waals surface area contributed by atoms with Gasteiger partial charge in [0.05, 0.1) is 5.69 Å². The predicted octanol–water partition coefficient (Wildman–Crippen LogP) is 4.21. The second-order valence-electron chi connectivity index (χ2n) is 6.13. The SMILES string of the molecule is Cc1ccc(Cl)cc1NC(=O)C(C)n1nc(-c2ccc(F)cc2)ccc1=O. The molecule has 5 nitrogen and oxygen atoms in total. The van der Waals surface area contributed by atoms with Crippen LogP contribution >= 0.6 is 11.6 Å². The molecule has 0 aliphatic heterocycles. The van der Waals surface area contributed by atoms with Crippen LogP contribution in [0, 0.1) is 12.7 Å². The summed E-state index contributed by atoms with van der Waals surface area (Å²) in [6, 6.07) is 12.9. The van der Waals surface area contributed by atoms with E-state index in [2.05, 4.69) is 10.4 Å². The molecule has 1 atom stereocenters. The molecule has 3 rings (SSSR count). The van der Waals surface area contributed by atoms with Crippen molar-refractivity contribution in [2.24, 2.45) is 0 Å². The number of aryl methyl sites for hydroxylation is 1. The Morgan fingerprint density at radius 1 is 1.15 bits per heavy atom. The first-order chi connectivity index (χ1) is 12.8. The molecule has 2 aromatic carbocycles. The predicted molar refractivity (Wildman–Crippen MR) is 103 cm³/mol. The number of aromatic nitrogens is 2. The number of carbonyl (C=O) groups is 1. The standard InChI is InChI=1S/C20H17ClFN3O2/c1-12-3-6-15(21)11-18(12)23-20(27)13(2)25-19(26)10-9-17(24-25)14-4-7-16(22)8-5-14/h3-11,13H,1-2H3,(H,23,27). The monoisotopic (exact) mass is 385 g/mol. The largest absolute Gasteiger partial charge is 0.324 e. The average Bonchev–Trinajstić information content (AvgIpc) is 2.65. The molecule has 0 aliphatic rings. The van der Waals surface area contributed by atoms with Gasteiger partial charge in [0.25, 0.3) is 5.56 Å². The molecule has 1 aromatic heterocycles. The summed E-state index contributed by atoms with van der Waals surface area (Å²) in [6.45, 7) is 3.42. The van der Waals surface area contributed by atoms with Gasteiger partial charge in [0.15, 0.2) is 0 Å². The van der Waals surface area contributed by atoms with E-state index in [4.69, 9.17) is 11.6 Å². The molecule has 138 valence electrons. The van der Waals surface area contributed by atoms with Gasteiger partial charge in [0.1, 0.15) is 11.9 Å². The van der Waals surface area contributed by atoms with Crippen molar-refractivity contribution in [3.8, 4) is 11.3 Å². The molecule has 1 unspecified atom stereocenters. The van der Waals surface area contributed by atoms with Crippen molar-refractivity contribution in [2.75, 3.05) is 5.32 Å². The topological polar surface area (TPSA) is 64.0 Å². The third-order valence-corrected chi connectivity index (χ3v) is 4.40. The number of amides is 1. The van der Waals surface area contributed by atoms with Gasteiger partial charge >= 0.3 is 0 Å². The van der Waals surface area contributed by atoms with E-state index in [1.165, 1.54) is 24.3 Å². The van der Waals surface area contributed by atoms with Crippen molar-refractivity contribution in [1.82, 2.24) is 9.78 Å². The van der Waals surface area contributed by atoms with Crippen LogP contribution < -0.4 is 10.9 Å². The first-order valence-corrected chi connectivity index (χ1v) is 8.66. The molecule has 1 N–H and O–H groups in total. The van der Waals surface area contributed by atoms with Gasteiger partial charge in [-0.3, -0.25) is 9.59 Å². The van der Waals surface area contributed by atoms with Gasteiger partial charge in [-0.2, -0.15) is 5.10 Å². The summed E-state index contributed by atoms with van der Waals surface area (Å²) in [6.07, 6.45) is 0. The molecule has 0 aliphatic carbocycles. The lowest BCUT2D eigenvalue weighted by Crippen LogP contribution is -2.33. The minimum atomic E-state index is -0.851. The van der Waals surface area contributed by atoms with Crippen LogP contribution in [0.3, 0.4) is 0 Å². The Labute approximate surface area is 160 Å². The zero-order valence-corrected chi connectivity index (χ0v) is 15.5. The highest BCUT2D eigenvalue weighted by molar-refractivity contribution is 6.31. The smallest absolute Gasteiger partial charge is 0.267 e. The van der Waals surface area contributed by atoms with E-state index in [-0.39, 0.29) is 5.82 Å². The molecule has 0 saturated carbocycles. The van der Waals surface area contributed by atoms with Crippen molar-refractivity contribution in [2.45, 2.75) is 19.9 Å². The summed E-state index contributed by atoms with van der Waals surface area (Å²) in [5, 5.41) is 7.54. The number of nitrogens with one attached hydrogen (secondary N) is 1. The van der Waals surface area contributed by atoms with Gasteiger partial charge in [-0.15, -0.1) is 0 Å². The van der Waals surface area contributed by atoms with Crippen molar-refractivity contribution in [3.05, 3.63) is 81.4 Å². The van der Waals surface area contributed by atoms with Gasteiger partial charge in [-0.05, 0) is 61.9 Å². The van der Waals surface area contributed by atoms with E-state index in [1.54, 1.807) is 37.3 Å². The fourth-order valence-corrected chi connectivity index (χ4v) is 2.73. The summed E-state index contributed by atoms with van der Waals surface area (Å²) in [7, 11) is 0. The highest BCUT2D eigenvalue weighted by Gasteiger charge is 2.19. The number of rotatable bonds is 4. The Morgan fingerprint density at radius 2 is 1.85 bits per heavy atom. The lowest BCUT2D eigenvalue weighted by molar-refractivity contribution is -0.119. The quantitative estimate of drug-likeness (QED) is 0.731. The highest BCUT2D eigenvalue weighted by Crippen LogP contribution is 2.21. The summed E-state index contributed by atoms with van der Waals surface area (Å²) < 4.78 is 14.2. The lowest BCUT2D eigenvalue weighted by atomic mass is 10.1. The fourth-order valence-electron chi connectivity index (χ4n) is 2.55. The normalized spacial score (nSPS) is 11.9. The zero-order chi connectivity index (χ0) is 19.6. The Kier molecular flexibility index (Phi) is 5.37. The van der Waals surface area contributed by atoms with Crippen LogP contribution in [0.1, 0.15) is 18.5 Å². The van der Waals surface area contributed by atoms with Gasteiger partial charge in [-0.1, -0.05) is 17.7 Å². The number of hydrogen-bond acceptors (Lipinski definition) is 3. The van der Waals surface area contributed by atoms with E-state index in [0.717, 1.165) is 10.2 Å². The second kappa shape index (κ2) is 7.72. The second-order valence-corrected chi connectivity index (χ2v) is 6.57. The maximum absolute atomic E-state index is 13.1. The van der Waals surface area contributed by atoms with Gasteiger partial charge in [-0.25, -0.2) is 9.07 Å². The van der Waals surface area contributed by atoms with Crippen LogP contribution in [-0.4, -0.2) is 15.7 Å². The Bertz CT molecular complexity index is 1050. The number of nitrogens with zero attached hydrogens (tertiary/aromatic N) is 2. The molecule has 0 spiro atoms. The Morgan fingerprint density at radius 3 is 2.56 bits per heavy atom. The summed E-state index contributed by atoms with van der Waals surface area (Å²) in [4.78, 5) is 24.8. The number of anilines is 1. The number of benzene rings is 2. The minimum Gasteiger partial charge on any atom is -0.324 e. The first-order valence-electron chi connectivity index (χ1n) is 8.28. The third kappa shape index (κ3) is 4.23. The van der Waals surface area contributed by atoms with Crippen LogP contribution in [0.2, 0.25) is 5.02 Å². The molecule has 1 heterocycles. The van der Waals surface area contributed by atoms with Crippen molar-refractivity contribution in [3.63, 3.8) is 0 Å². The Balaban J connectivity index is 1.89. The molecule has 0 bridgehead atoms. The van der Waals surface area contributed by atoms with Crippen LogP contribution in [0.15, 0.2) is 59.4 Å². The van der Waals surface area contributed by atoms with E-state index in [9.17, 15) is 14.0 Å². The number of hydrogen-bond donors (Lipinski definition) is 1. The van der Waals surface area contributed by atoms with Crippen LogP contribution in [0.4, 0.5) is 10.1 Å². The summed E-state index contributed by atoms with van der Waals surface area (Å²) in [5.74, 6) is -0.761. The van der Waals surface area contributed by atoms with Gasteiger partial charge in [0.2, 0.25) is 5.91 Å². The van der Waals surface area contributed by atoms with E-state index in [0.29, 0.717) is 22.0 Å². The molecule has 7 heteroatoms. The first kappa shape index (κ1) is 18.8. The minimum absolute atomic E-state index is 0.364. The average molecular weight is 386 g/mol. The van der Waals surface area contributed by atoms with E-state index >= 15 is 0 Å². The lowest BCUT2D eigenvalue weighted by Gasteiger charge is -2.16. The summed E-state index contributed by atoms with van der Waals surface area (Å²) in [5.41, 5.74) is 2.12. The number of halogens is 2. The van der Waals surface area contributed by atoms with Gasteiger partial charge in [0, 0.05) is 22.3 Å². The molecule has 0 radical (unpaired) electrons. The molecular formula is C20H17ClFN3O2. The van der Waals surface area contributed by atoms with E-state index < -0.39 is 17.5 Å².